The highest BCUT2D eigenvalue weighted by molar-refractivity contribution is 7.61. The van der Waals surface area contributed by atoms with Gasteiger partial charge in [-0.3, -0.25) is 4.79 Å². The van der Waals surface area contributed by atoms with Crippen molar-refractivity contribution < 1.29 is 18.3 Å². The van der Waals surface area contributed by atoms with Crippen LogP contribution < -0.4 is 5.73 Å². The summed E-state index contributed by atoms with van der Waals surface area (Å²) in [4.78, 5) is 9.54. The molecule has 0 heterocycles. The molecule has 15 heavy (non-hydrogen) atoms. The normalized spacial score (nSPS) is 8.27. The van der Waals surface area contributed by atoms with E-state index < -0.39 is 23.0 Å². The van der Waals surface area contributed by atoms with Crippen LogP contribution in [0.4, 0.5) is 5.69 Å². The van der Waals surface area contributed by atoms with E-state index in [1.54, 1.807) is 0 Å². The summed E-state index contributed by atoms with van der Waals surface area (Å²) in [5, 5.41) is 7.80. The lowest BCUT2D eigenvalue weighted by atomic mass is 10.3. The molecule has 0 fully saturated rings. The molecule has 0 aliphatic rings. The fraction of sp³-hybridized carbons (Fsp3) is 0.125. The molecule has 82 valence electrons. The Labute approximate surface area is 88.1 Å². The van der Waals surface area contributed by atoms with E-state index in [0.29, 0.717) is 0 Å². The molecule has 0 saturated heterocycles. The third-order valence-electron chi connectivity index (χ3n) is 1.10. The number of nitrogens with zero attached hydrogens (tertiary/aromatic N) is 1. The van der Waals surface area contributed by atoms with Gasteiger partial charge in [0.2, 0.25) is 0 Å². The molecule has 0 atom stereocenters. The maximum atomic E-state index is 9.54. The van der Waals surface area contributed by atoms with Crippen LogP contribution in [0.2, 0.25) is 0 Å². The van der Waals surface area contributed by atoms with Crippen molar-refractivity contribution in [1.29, 1.82) is 0 Å². The second-order valence-electron chi connectivity index (χ2n) is 2.31. The van der Waals surface area contributed by atoms with Gasteiger partial charge >= 0.3 is 16.5 Å². The van der Waals surface area contributed by atoms with Crippen molar-refractivity contribution in [3.05, 3.63) is 30.3 Å². The van der Waals surface area contributed by atoms with Gasteiger partial charge < -0.3 is 10.8 Å². The third-order valence-corrected chi connectivity index (χ3v) is 1.44. The summed E-state index contributed by atoms with van der Waals surface area (Å²) in [6.45, 7) is -0.684. The summed E-state index contributed by atoms with van der Waals surface area (Å²) < 4.78 is 21.6. The Morgan fingerprint density at radius 1 is 1.33 bits per heavy atom. The van der Waals surface area contributed by atoms with E-state index in [9.17, 15) is 13.2 Å². The molecular weight excluding hydrogens is 220 g/mol. The van der Waals surface area contributed by atoms with Crippen molar-refractivity contribution in [3.63, 3.8) is 0 Å². The first-order valence-corrected chi connectivity index (χ1v) is 4.84. The fourth-order valence-electron chi connectivity index (χ4n) is 0.561. The van der Waals surface area contributed by atoms with Gasteiger partial charge in [0.05, 0.1) is 0 Å². The maximum absolute atomic E-state index is 9.54. The van der Waals surface area contributed by atoms with Crippen LogP contribution in [0.3, 0.4) is 0 Å². The first kappa shape index (κ1) is 13.1. The summed E-state index contributed by atoms with van der Waals surface area (Å²) in [5.74, 6) is -1.26. The molecule has 6 nitrogen and oxygen atoms in total. The number of hydrogen-bond acceptors (Lipinski definition) is 5. The quantitative estimate of drug-likeness (QED) is 0.714. The Bertz CT molecular complexity index is 419. The van der Waals surface area contributed by atoms with E-state index >= 15 is 0 Å². The highest BCUT2D eigenvalue weighted by Crippen LogP contribution is 1.95. The standard InChI is InChI=1S/C6H7N.C2H3NO4S/c7-6-4-2-1-3-5-6;4-2(5)1-3-8(6)7/h1-5H,7H2;1H2,(H,4,5). The largest absolute Gasteiger partial charge is 0.480 e. The van der Waals surface area contributed by atoms with Crippen molar-refractivity contribution in [2.24, 2.45) is 4.36 Å². The number of benzene rings is 1. The van der Waals surface area contributed by atoms with E-state index in [4.69, 9.17) is 10.8 Å². The Balaban J connectivity index is 0.000000262. The molecule has 1 rings (SSSR count). The average molecular weight is 230 g/mol. The Morgan fingerprint density at radius 3 is 2.07 bits per heavy atom. The van der Waals surface area contributed by atoms with E-state index in [1.807, 2.05) is 30.3 Å². The van der Waals surface area contributed by atoms with Gasteiger partial charge in [0.25, 0.3) is 0 Å². The Hall–Kier alpha value is -1.89. The van der Waals surface area contributed by atoms with Gasteiger partial charge in [0, 0.05) is 5.69 Å². The minimum atomic E-state index is -2.59. The molecule has 0 amide bonds. The van der Waals surface area contributed by atoms with Gasteiger partial charge in [0.15, 0.2) is 6.54 Å². The van der Waals surface area contributed by atoms with Gasteiger partial charge in [-0.15, -0.1) is 0 Å². The summed E-state index contributed by atoms with van der Waals surface area (Å²) in [6, 6.07) is 9.49. The molecule has 0 bridgehead atoms. The van der Waals surface area contributed by atoms with E-state index in [0.717, 1.165) is 5.69 Å². The van der Waals surface area contributed by atoms with Gasteiger partial charge in [-0.25, -0.2) is 0 Å². The summed E-state index contributed by atoms with van der Waals surface area (Å²) in [7, 11) is -2.59. The number of carboxylic acids is 1. The zero-order chi connectivity index (χ0) is 11.7. The number of hydrogen-bond donors (Lipinski definition) is 2. The van der Waals surface area contributed by atoms with Gasteiger partial charge in [-0.05, 0) is 12.1 Å². The van der Waals surface area contributed by atoms with Crippen molar-refractivity contribution in [2.75, 3.05) is 12.3 Å². The lowest BCUT2D eigenvalue weighted by molar-refractivity contribution is -0.135. The Morgan fingerprint density at radius 2 is 1.87 bits per heavy atom. The number of carboxylic acid groups (broad SMARTS) is 1. The zero-order valence-corrected chi connectivity index (χ0v) is 8.52. The van der Waals surface area contributed by atoms with Crippen molar-refractivity contribution in [2.45, 2.75) is 0 Å². The molecule has 0 aliphatic heterocycles. The zero-order valence-electron chi connectivity index (χ0n) is 7.70. The van der Waals surface area contributed by atoms with Crippen molar-refractivity contribution in [3.8, 4) is 0 Å². The van der Waals surface area contributed by atoms with Crippen LogP contribution in [-0.4, -0.2) is 26.0 Å². The van der Waals surface area contributed by atoms with E-state index in [2.05, 4.69) is 4.36 Å². The predicted octanol–water partition coefficient (Wildman–Crippen LogP) is 0.403. The molecule has 0 radical (unpaired) electrons. The van der Waals surface area contributed by atoms with Crippen molar-refractivity contribution in [1.82, 2.24) is 0 Å². The predicted molar refractivity (Wildman–Crippen MR) is 54.7 cm³/mol. The molecule has 3 N–H and O–H groups in total. The second kappa shape index (κ2) is 7.51. The molecular formula is C8H10N2O4S. The summed E-state index contributed by atoms with van der Waals surface area (Å²) >= 11 is 0. The van der Waals surface area contributed by atoms with Crippen LogP contribution in [0.25, 0.3) is 0 Å². The van der Waals surface area contributed by atoms with Crippen LogP contribution >= 0.6 is 0 Å². The summed E-state index contributed by atoms with van der Waals surface area (Å²) in [5.41, 5.74) is 6.18. The maximum Gasteiger partial charge on any atom is 0.326 e. The highest BCUT2D eigenvalue weighted by Gasteiger charge is 1.89. The smallest absolute Gasteiger partial charge is 0.326 e. The first-order chi connectivity index (χ1) is 7.02. The van der Waals surface area contributed by atoms with E-state index in [1.165, 1.54) is 0 Å². The second-order valence-corrected chi connectivity index (χ2v) is 3.00. The molecule has 0 spiro atoms. The van der Waals surface area contributed by atoms with Crippen LogP contribution in [0, 0.1) is 0 Å². The van der Waals surface area contributed by atoms with Crippen LogP contribution in [0.5, 0.6) is 0 Å². The van der Waals surface area contributed by atoms with Gasteiger partial charge in [0.1, 0.15) is 0 Å². The number of nitrogen functional groups attached to an aromatic ring is 1. The lowest BCUT2D eigenvalue weighted by Gasteiger charge is -1.83. The monoisotopic (exact) mass is 230 g/mol. The van der Waals surface area contributed by atoms with Crippen LogP contribution in [-0.2, 0) is 15.3 Å². The molecule has 1 aromatic carbocycles. The SMILES string of the molecule is Nc1ccccc1.O=C(O)CN=S(=O)=O. The van der Waals surface area contributed by atoms with Gasteiger partial charge in [-0.1, -0.05) is 18.2 Å². The number of rotatable bonds is 2. The summed E-state index contributed by atoms with van der Waals surface area (Å²) in [6.07, 6.45) is 0. The number of carbonyl (C=O) groups is 1. The van der Waals surface area contributed by atoms with Gasteiger partial charge in [-0.2, -0.15) is 12.8 Å². The number of anilines is 1. The molecule has 7 heteroatoms. The fourth-order valence-corrected chi connectivity index (χ4v) is 0.777. The molecule has 0 aromatic heterocycles. The number of nitrogens with two attached hydrogens (primary N) is 1. The lowest BCUT2D eigenvalue weighted by Crippen LogP contribution is -1.97. The topological polar surface area (TPSA) is 110 Å². The number of aliphatic carboxylic acids is 1. The minimum Gasteiger partial charge on any atom is -0.480 e. The Kier molecular flexibility index (Phi) is 6.56. The molecule has 0 aliphatic carbocycles. The highest BCUT2D eigenvalue weighted by atomic mass is 32.2. The van der Waals surface area contributed by atoms with E-state index in [-0.39, 0.29) is 0 Å². The minimum absolute atomic E-state index is 0.684. The molecule has 0 unspecified atom stereocenters. The number of para-hydroxylation sites is 1. The molecule has 1 aromatic rings. The average Bonchev–Trinajstić information content (AvgIpc) is 2.17. The van der Waals surface area contributed by atoms with Crippen molar-refractivity contribution >= 4 is 22.2 Å². The van der Waals surface area contributed by atoms with Crippen LogP contribution in [0.15, 0.2) is 34.7 Å². The molecule has 0 saturated carbocycles. The third kappa shape index (κ3) is 10.0. The first-order valence-electron chi connectivity index (χ1n) is 3.81. The van der Waals surface area contributed by atoms with Crippen LogP contribution in [0.1, 0.15) is 0 Å².